The minimum Gasteiger partial charge on any atom is -0.461 e. The molecular formula is C15H15F5O2S. The lowest BCUT2D eigenvalue weighted by molar-refractivity contribution is -0.145. The first-order valence-electron chi connectivity index (χ1n) is 7.15. The highest BCUT2D eigenvalue weighted by atomic mass is 32.2. The smallest absolute Gasteiger partial charge is 0.306 e. The van der Waals surface area contributed by atoms with Crippen LogP contribution in [0.3, 0.4) is 0 Å². The van der Waals surface area contributed by atoms with Gasteiger partial charge in [-0.3, -0.25) is 4.79 Å². The van der Waals surface area contributed by atoms with Gasteiger partial charge < -0.3 is 4.74 Å². The molecule has 23 heavy (non-hydrogen) atoms. The molecule has 0 spiro atoms. The Kier molecular flexibility index (Phi) is 6.26. The fourth-order valence-corrected chi connectivity index (χ4v) is 3.56. The Morgan fingerprint density at radius 3 is 2.04 bits per heavy atom. The van der Waals surface area contributed by atoms with Gasteiger partial charge in [-0.1, -0.05) is 0 Å². The number of hydrogen-bond donors (Lipinski definition) is 0. The van der Waals surface area contributed by atoms with E-state index in [2.05, 4.69) is 4.74 Å². The minimum atomic E-state index is -2.23. The molecule has 2 rings (SSSR count). The van der Waals surface area contributed by atoms with Crippen LogP contribution in [0.2, 0.25) is 0 Å². The van der Waals surface area contributed by atoms with Gasteiger partial charge in [-0.25, -0.2) is 22.0 Å². The Labute approximate surface area is 134 Å². The van der Waals surface area contributed by atoms with Crippen LogP contribution in [0.15, 0.2) is 0 Å². The first kappa shape index (κ1) is 18.0. The van der Waals surface area contributed by atoms with Gasteiger partial charge in [0.25, 0.3) is 0 Å². The van der Waals surface area contributed by atoms with Gasteiger partial charge in [-0.2, -0.15) is 11.8 Å². The van der Waals surface area contributed by atoms with Gasteiger partial charge in [0.2, 0.25) is 5.82 Å². The van der Waals surface area contributed by atoms with Crippen LogP contribution in [0.25, 0.3) is 0 Å². The molecule has 0 unspecified atom stereocenters. The summed E-state index contributed by atoms with van der Waals surface area (Å²) >= 11 is 1.85. The summed E-state index contributed by atoms with van der Waals surface area (Å²) in [7, 11) is 0. The summed E-state index contributed by atoms with van der Waals surface area (Å²) in [6.07, 6.45) is 2.65. The average molecular weight is 354 g/mol. The Balaban J connectivity index is 1.91. The third-order valence-corrected chi connectivity index (χ3v) is 4.82. The molecule has 1 saturated heterocycles. The third-order valence-electron chi connectivity index (χ3n) is 3.78. The Bertz CT molecular complexity index is 559. The van der Waals surface area contributed by atoms with Gasteiger partial charge in [0, 0.05) is 6.42 Å². The van der Waals surface area contributed by atoms with Crippen molar-refractivity contribution in [2.75, 3.05) is 11.5 Å². The molecule has 0 bridgehead atoms. The summed E-state index contributed by atoms with van der Waals surface area (Å²) in [4.78, 5) is 11.6. The molecule has 1 aliphatic heterocycles. The summed E-state index contributed by atoms with van der Waals surface area (Å²) in [6, 6.07) is 0. The molecule has 1 aromatic rings. The van der Waals surface area contributed by atoms with Crippen LogP contribution in [-0.4, -0.2) is 17.5 Å². The molecule has 0 N–H and O–H groups in total. The zero-order valence-corrected chi connectivity index (χ0v) is 13.0. The van der Waals surface area contributed by atoms with Crippen LogP contribution in [-0.2, 0) is 16.1 Å². The fourth-order valence-electron chi connectivity index (χ4n) is 2.36. The zero-order valence-electron chi connectivity index (χ0n) is 12.1. The van der Waals surface area contributed by atoms with Gasteiger partial charge >= 0.3 is 5.97 Å². The van der Waals surface area contributed by atoms with Crippen LogP contribution in [0, 0.1) is 35.0 Å². The van der Waals surface area contributed by atoms with E-state index in [1.807, 2.05) is 11.8 Å². The lowest BCUT2D eigenvalue weighted by Gasteiger charge is -2.20. The number of halogens is 5. The maximum atomic E-state index is 13.4. The fraction of sp³-hybridized carbons (Fsp3) is 0.533. The predicted molar refractivity (Wildman–Crippen MR) is 75.3 cm³/mol. The molecule has 0 atom stereocenters. The molecule has 8 heteroatoms. The highest BCUT2D eigenvalue weighted by molar-refractivity contribution is 7.99. The highest BCUT2D eigenvalue weighted by Gasteiger charge is 2.26. The van der Waals surface area contributed by atoms with Crippen LogP contribution in [0.5, 0.6) is 0 Å². The van der Waals surface area contributed by atoms with Crippen molar-refractivity contribution in [1.82, 2.24) is 0 Å². The molecule has 1 aromatic carbocycles. The second-order valence-corrected chi connectivity index (χ2v) is 6.53. The largest absolute Gasteiger partial charge is 0.461 e. The summed E-state index contributed by atoms with van der Waals surface area (Å²) in [5.41, 5.74) is -1.14. The van der Waals surface area contributed by atoms with Gasteiger partial charge in [0.1, 0.15) is 6.61 Å². The average Bonchev–Trinajstić information content (AvgIpc) is 2.57. The topological polar surface area (TPSA) is 26.3 Å². The van der Waals surface area contributed by atoms with E-state index < -0.39 is 47.2 Å². The standard InChI is InChI=1S/C15H15F5O2S/c16-11-9(12(17)14(19)15(20)13(11)18)7-22-10(21)2-1-8-3-5-23-6-4-8/h8H,1-7H2. The summed E-state index contributed by atoms with van der Waals surface area (Å²) in [5, 5.41) is 0. The van der Waals surface area contributed by atoms with E-state index in [0.717, 1.165) is 24.3 Å². The molecule has 0 aliphatic carbocycles. The molecule has 1 fully saturated rings. The van der Waals surface area contributed by atoms with E-state index in [1.165, 1.54) is 0 Å². The number of ether oxygens (including phenoxy) is 1. The highest BCUT2D eigenvalue weighted by Crippen LogP contribution is 2.27. The van der Waals surface area contributed by atoms with E-state index in [0.29, 0.717) is 12.3 Å². The van der Waals surface area contributed by atoms with Gasteiger partial charge in [0.15, 0.2) is 23.3 Å². The first-order valence-corrected chi connectivity index (χ1v) is 8.31. The van der Waals surface area contributed by atoms with Crippen molar-refractivity contribution in [2.45, 2.75) is 32.3 Å². The Morgan fingerprint density at radius 1 is 0.957 bits per heavy atom. The molecule has 0 aromatic heterocycles. The third kappa shape index (κ3) is 4.37. The van der Waals surface area contributed by atoms with Crippen molar-refractivity contribution in [1.29, 1.82) is 0 Å². The van der Waals surface area contributed by atoms with Gasteiger partial charge in [-0.05, 0) is 36.7 Å². The van der Waals surface area contributed by atoms with E-state index in [9.17, 15) is 26.7 Å². The van der Waals surface area contributed by atoms with E-state index in [-0.39, 0.29) is 6.42 Å². The van der Waals surface area contributed by atoms with Crippen LogP contribution in [0.1, 0.15) is 31.2 Å². The van der Waals surface area contributed by atoms with E-state index in [1.54, 1.807) is 0 Å². The van der Waals surface area contributed by atoms with Crippen molar-refractivity contribution in [3.63, 3.8) is 0 Å². The number of benzene rings is 1. The zero-order chi connectivity index (χ0) is 17.0. The molecular weight excluding hydrogens is 339 g/mol. The molecule has 2 nitrogen and oxygen atoms in total. The van der Waals surface area contributed by atoms with Gasteiger partial charge in [-0.15, -0.1) is 0 Å². The van der Waals surface area contributed by atoms with Crippen molar-refractivity contribution >= 4 is 17.7 Å². The summed E-state index contributed by atoms with van der Waals surface area (Å²) in [6.45, 7) is -0.981. The monoisotopic (exact) mass is 354 g/mol. The number of carbonyl (C=O) groups excluding carboxylic acids is 1. The number of hydrogen-bond acceptors (Lipinski definition) is 3. The van der Waals surface area contributed by atoms with E-state index >= 15 is 0 Å². The van der Waals surface area contributed by atoms with Crippen molar-refractivity contribution in [2.24, 2.45) is 5.92 Å². The molecule has 1 aliphatic rings. The van der Waals surface area contributed by atoms with Crippen molar-refractivity contribution < 1.29 is 31.5 Å². The van der Waals surface area contributed by atoms with Crippen molar-refractivity contribution in [3.8, 4) is 0 Å². The number of esters is 1. The number of rotatable bonds is 5. The Morgan fingerprint density at radius 2 is 1.48 bits per heavy atom. The van der Waals surface area contributed by atoms with Crippen LogP contribution >= 0.6 is 11.8 Å². The normalized spacial score (nSPS) is 15.7. The molecule has 0 radical (unpaired) electrons. The quantitative estimate of drug-likeness (QED) is 0.340. The number of carbonyl (C=O) groups is 1. The second-order valence-electron chi connectivity index (χ2n) is 5.30. The van der Waals surface area contributed by atoms with Gasteiger partial charge in [0.05, 0.1) is 5.56 Å². The maximum Gasteiger partial charge on any atom is 0.306 e. The molecule has 0 amide bonds. The Hall–Kier alpha value is -1.31. The molecule has 0 saturated carbocycles. The summed E-state index contributed by atoms with van der Waals surface area (Å²) < 4.78 is 70.4. The predicted octanol–water partition coefficient (Wildman–Crippen LogP) is 4.35. The van der Waals surface area contributed by atoms with E-state index in [4.69, 9.17) is 0 Å². The molecule has 128 valence electrons. The van der Waals surface area contributed by atoms with Crippen molar-refractivity contribution in [3.05, 3.63) is 34.6 Å². The van der Waals surface area contributed by atoms with Crippen LogP contribution < -0.4 is 0 Å². The molecule has 1 heterocycles. The lowest BCUT2D eigenvalue weighted by atomic mass is 9.97. The SMILES string of the molecule is O=C(CCC1CCSCC1)OCc1c(F)c(F)c(F)c(F)c1F. The number of thioether (sulfide) groups is 1. The van der Waals surface area contributed by atoms with Crippen LogP contribution in [0.4, 0.5) is 22.0 Å². The second kappa shape index (κ2) is 7.99. The first-order chi connectivity index (χ1) is 10.9. The minimum absolute atomic E-state index is 0.0602. The lowest BCUT2D eigenvalue weighted by Crippen LogP contribution is -2.14. The maximum absolute atomic E-state index is 13.4. The summed E-state index contributed by atoms with van der Waals surface area (Å²) in [5.74, 6) is -8.52.